The first-order valence-electron chi connectivity index (χ1n) is 8.43. The van der Waals surface area contributed by atoms with E-state index in [0.717, 1.165) is 6.07 Å². The summed E-state index contributed by atoms with van der Waals surface area (Å²) < 4.78 is 40.4. The summed E-state index contributed by atoms with van der Waals surface area (Å²) in [6, 6.07) is 7.72. The summed E-state index contributed by atoms with van der Waals surface area (Å²) >= 11 is 11.8. The molecule has 0 unspecified atom stereocenters. The number of nitrogens with zero attached hydrogens (tertiary/aromatic N) is 2. The fraction of sp³-hybridized carbons (Fsp3) is 0.278. The Morgan fingerprint density at radius 1 is 1.04 bits per heavy atom. The van der Waals surface area contributed by atoms with Crippen molar-refractivity contribution in [2.75, 3.05) is 38.5 Å². The van der Waals surface area contributed by atoms with E-state index in [1.807, 2.05) is 11.9 Å². The molecule has 0 saturated carbocycles. The second kappa shape index (κ2) is 8.34. The fourth-order valence-electron chi connectivity index (χ4n) is 2.79. The lowest BCUT2D eigenvalue weighted by molar-refractivity contribution is 0.102. The molecule has 1 N–H and O–H groups in total. The highest BCUT2D eigenvalue weighted by Gasteiger charge is 2.28. The topological polar surface area (TPSA) is 69.7 Å². The molecule has 0 aliphatic carbocycles. The van der Waals surface area contributed by atoms with Gasteiger partial charge in [0.2, 0.25) is 10.0 Å². The number of hydrogen-bond donors (Lipinski definition) is 1. The molecule has 2 aromatic rings. The van der Waals surface area contributed by atoms with Crippen LogP contribution in [0.4, 0.5) is 10.1 Å². The number of carbonyl (C=O) groups is 1. The van der Waals surface area contributed by atoms with Crippen molar-refractivity contribution in [2.45, 2.75) is 4.90 Å². The van der Waals surface area contributed by atoms with Gasteiger partial charge in [0.05, 0.1) is 20.5 Å². The van der Waals surface area contributed by atoms with E-state index in [1.165, 1.54) is 34.6 Å². The molecule has 1 aliphatic heterocycles. The Labute approximate surface area is 172 Å². The first kappa shape index (κ1) is 21.0. The standard InChI is InChI=1S/C18H18Cl2FN3O3S/c1-23-6-8-24(9-7-23)28(26,27)13-3-4-15(19)14(11-13)18(25)22-12-2-5-17(21)16(20)10-12/h2-5,10-11H,6-9H2,1H3,(H,22,25). The maximum absolute atomic E-state index is 13.3. The molecular formula is C18H18Cl2FN3O3S. The van der Waals surface area contributed by atoms with Gasteiger partial charge in [-0.15, -0.1) is 0 Å². The minimum Gasteiger partial charge on any atom is -0.322 e. The smallest absolute Gasteiger partial charge is 0.257 e. The summed E-state index contributed by atoms with van der Waals surface area (Å²) in [6.45, 7) is 2.01. The summed E-state index contributed by atoms with van der Waals surface area (Å²) in [5.41, 5.74) is 0.261. The van der Waals surface area contributed by atoms with Gasteiger partial charge in [-0.05, 0) is 43.4 Å². The average Bonchev–Trinajstić information content (AvgIpc) is 2.65. The maximum Gasteiger partial charge on any atom is 0.257 e. The molecule has 1 saturated heterocycles. The highest BCUT2D eigenvalue weighted by molar-refractivity contribution is 7.89. The van der Waals surface area contributed by atoms with E-state index in [9.17, 15) is 17.6 Å². The van der Waals surface area contributed by atoms with E-state index in [0.29, 0.717) is 26.2 Å². The molecule has 1 aliphatic rings. The molecule has 150 valence electrons. The van der Waals surface area contributed by atoms with Crippen LogP contribution in [0.3, 0.4) is 0 Å². The molecule has 2 aromatic carbocycles. The minimum absolute atomic E-state index is 0.00248. The number of amides is 1. The van der Waals surface area contributed by atoms with Gasteiger partial charge in [-0.2, -0.15) is 4.31 Å². The van der Waals surface area contributed by atoms with Gasteiger partial charge in [0.25, 0.3) is 5.91 Å². The van der Waals surface area contributed by atoms with Crippen LogP contribution < -0.4 is 5.32 Å². The van der Waals surface area contributed by atoms with Crippen molar-refractivity contribution in [3.05, 3.63) is 57.8 Å². The SMILES string of the molecule is CN1CCN(S(=O)(=O)c2ccc(Cl)c(C(=O)Nc3ccc(F)c(Cl)c3)c2)CC1. The van der Waals surface area contributed by atoms with Crippen LogP contribution in [0.25, 0.3) is 0 Å². The van der Waals surface area contributed by atoms with Crippen molar-refractivity contribution in [2.24, 2.45) is 0 Å². The van der Waals surface area contributed by atoms with Crippen molar-refractivity contribution in [1.82, 2.24) is 9.21 Å². The van der Waals surface area contributed by atoms with Crippen LogP contribution in [0.2, 0.25) is 10.0 Å². The molecule has 10 heteroatoms. The monoisotopic (exact) mass is 445 g/mol. The Hall–Kier alpha value is -1.71. The Kier molecular flexibility index (Phi) is 6.26. The summed E-state index contributed by atoms with van der Waals surface area (Å²) in [4.78, 5) is 14.6. The number of sulfonamides is 1. The lowest BCUT2D eigenvalue weighted by Crippen LogP contribution is -2.47. The Morgan fingerprint density at radius 3 is 2.36 bits per heavy atom. The highest BCUT2D eigenvalue weighted by atomic mass is 35.5. The van der Waals surface area contributed by atoms with Gasteiger partial charge < -0.3 is 10.2 Å². The number of benzene rings is 2. The summed E-state index contributed by atoms with van der Waals surface area (Å²) in [7, 11) is -1.82. The lowest BCUT2D eigenvalue weighted by Gasteiger charge is -2.31. The van der Waals surface area contributed by atoms with Crippen LogP contribution in [0.1, 0.15) is 10.4 Å². The summed E-state index contributed by atoms with van der Waals surface area (Å²) in [6.07, 6.45) is 0. The van der Waals surface area contributed by atoms with Gasteiger partial charge in [0.1, 0.15) is 5.82 Å². The molecule has 1 amide bonds. The number of hydrogen-bond acceptors (Lipinski definition) is 4. The van der Waals surface area contributed by atoms with E-state index in [1.54, 1.807) is 0 Å². The third-order valence-corrected chi connectivity index (χ3v) is 6.97. The molecule has 6 nitrogen and oxygen atoms in total. The van der Waals surface area contributed by atoms with Crippen molar-refractivity contribution in [3.8, 4) is 0 Å². The lowest BCUT2D eigenvalue weighted by atomic mass is 10.2. The van der Waals surface area contributed by atoms with Crippen LogP contribution in [0.15, 0.2) is 41.3 Å². The third-order valence-electron chi connectivity index (χ3n) is 4.46. The Balaban J connectivity index is 1.86. The fourth-order valence-corrected chi connectivity index (χ4v) is 4.62. The minimum atomic E-state index is -3.75. The largest absolute Gasteiger partial charge is 0.322 e. The van der Waals surface area contributed by atoms with Crippen molar-refractivity contribution >= 4 is 44.8 Å². The van der Waals surface area contributed by atoms with Crippen molar-refractivity contribution in [1.29, 1.82) is 0 Å². The van der Waals surface area contributed by atoms with E-state index in [4.69, 9.17) is 23.2 Å². The van der Waals surface area contributed by atoms with Gasteiger partial charge >= 0.3 is 0 Å². The molecule has 0 radical (unpaired) electrons. The van der Waals surface area contributed by atoms with E-state index in [2.05, 4.69) is 5.32 Å². The number of carbonyl (C=O) groups excluding carboxylic acids is 1. The predicted octanol–water partition coefficient (Wildman–Crippen LogP) is 3.32. The number of rotatable bonds is 4. The predicted molar refractivity (Wildman–Crippen MR) is 107 cm³/mol. The number of anilines is 1. The Morgan fingerprint density at radius 2 is 1.71 bits per heavy atom. The van der Waals surface area contributed by atoms with Crippen LogP contribution >= 0.6 is 23.2 Å². The molecule has 0 aromatic heterocycles. The Bertz CT molecular complexity index is 1010. The highest BCUT2D eigenvalue weighted by Crippen LogP contribution is 2.25. The summed E-state index contributed by atoms with van der Waals surface area (Å²) in [5.74, 6) is -1.24. The molecule has 1 heterocycles. The zero-order chi connectivity index (χ0) is 20.5. The van der Waals surface area contributed by atoms with E-state index >= 15 is 0 Å². The van der Waals surface area contributed by atoms with Crippen molar-refractivity contribution in [3.63, 3.8) is 0 Å². The van der Waals surface area contributed by atoms with E-state index in [-0.39, 0.29) is 26.2 Å². The maximum atomic E-state index is 13.3. The zero-order valence-electron chi connectivity index (χ0n) is 15.0. The van der Waals surface area contributed by atoms with Crippen molar-refractivity contribution < 1.29 is 17.6 Å². The first-order valence-corrected chi connectivity index (χ1v) is 10.6. The van der Waals surface area contributed by atoms with Crippen LogP contribution in [0, 0.1) is 5.82 Å². The van der Waals surface area contributed by atoms with Gasteiger partial charge in [-0.3, -0.25) is 4.79 Å². The quantitative estimate of drug-likeness (QED) is 0.783. The number of likely N-dealkylation sites (N-methyl/N-ethyl adjacent to an activating group) is 1. The number of nitrogens with one attached hydrogen (secondary N) is 1. The van der Waals surface area contributed by atoms with Crippen LogP contribution in [-0.2, 0) is 10.0 Å². The molecule has 1 fully saturated rings. The van der Waals surface area contributed by atoms with Gasteiger partial charge in [-0.25, -0.2) is 12.8 Å². The molecule has 0 spiro atoms. The number of piperazine rings is 1. The molecule has 0 bridgehead atoms. The molecule has 28 heavy (non-hydrogen) atoms. The molecule has 3 rings (SSSR count). The first-order chi connectivity index (χ1) is 13.2. The third kappa shape index (κ3) is 4.47. The second-order valence-corrected chi connectivity index (χ2v) is 9.18. The van der Waals surface area contributed by atoms with Gasteiger partial charge in [0, 0.05) is 31.9 Å². The zero-order valence-corrected chi connectivity index (χ0v) is 17.3. The number of halogens is 3. The summed E-state index contributed by atoms with van der Waals surface area (Å²) in [5, 5.41) is 2.50. The van der Waals surface area contributed by atoms with Crippen LogP contribution in [-0.4, -0.2) is 56.8 Å². The van der Waals surface area contributed by atoms with Gasteiger partial charge in [-0.1, -0.05) is 23.2 Å². The van der Waals surface area contributed by atoms with Gasteiger partial charge in [0.15, 0.2) is 0 Å². The van der Waals surface area contributed by atoms with Crippen LogP contribution in [0.5, 0.6) is 0 Å². The average molecular weight is 446 g/mol. The van der Waals surface area contributed by atoms with E-state index < -0.39 is 21.7 Å². The molecule has 0 atom stereocenters. The second-order valence-electron chi connectivity index (χ2n) is 6.43. The normalized spacial score (nSPS) is 16.1. The molecular weight excluding hydrogens is 428 g/mol.